The van der Waals surface area contributed by atoms with Crippen molar-refractivity contribution in [2.24, 2.45) is 5.41 Å². The van der Waals surface area contributed by atoms with E-state index in [1.807, 2.05) is 0 Å². The van der Waals surface area contributed by atoms with E-state index < -0.39 is 32.9 Å². The van der Waals surface area contributed by atoms with Gasteiger partial charge in [-0.15, -0.1) is 11.6 Å². The number of ether oxygens (including phenoxy) is 2. The van der Waals surface area contributed by atoms with Crippen molar-refractivity contribution < 1.29 is 28.8 Å². The van der Waals surface area contributed by atoms with Crippen molar-refractivity contribution in [3.63, 3.8) is 0 Å². The fraction of sp³-hybridized carbons (Fsp3) is 0.300. The molecule has 0 N–H and O–H groups in total. The van der Waals surface area contributed by atoms with Gasteiger partial charge in [0.2, 0.25) is 10.7 Å². The van der Waals surface area contributed by atoms with Crippen molar-refractivity contribution in [1.82, 2.24) is 0 Å². The van der Waals surface area contributed by atoms with Crippen molar-refractivity contribution >= 4 is 35.1 Å². The number of carbonyl (C=O) groups is 2. The van der Waals surface area contributed by atoms with Gasteiger partial charge in [-0.1, -0.05) is 60.1 Å². The van der Waals surface area contributed by atoms with Gasteiger partial charge >= 0.3 is 11.9 Å². The maximum atomic E-state index is 13.5. The molecule has 3 aliphatic rings. The highest BCUT2D eigenvalue weighted by atomic mass is 35.5. The first-order valence-corrected chi connectivity index (χ1v) is 9.25. The van der Waals surface area contributed by atoms with Gasteiger partial charge in [-0.05, 0) is 11.1 Å². The number of hydrogen-bond donors (Lipinski definition) is 0. The normalized spacial score (nSPS) is 36.4. The minimum absolute atomic E-state index is 0.347. The molecule has 1 fully saturated rings. The summed E-state index contributed by atoms with van der Waals surface area (Å²) in [5, 5.41) is -1.91. The second-order valence-corrected chi connectivity index (χ2v) is 8.03. The number of esters is 2. The molecule has 8 heteroatoms. The molecule has 1 aliphatic heterocycles. The molecule has 1 saturated heterocycles. The zero-order valence-electron chi connectivity index (χ0n) is 14.8. The Kier molecular flexibility index (Phi) is 3.38. The summed E-state index contributed by atoms with van der Waals surface area (Å²) >= 11 is 14.3. The Bertz CT molecular complexity index is 1060. The van der Waals surface area contributed by atoms with Crippen molar-refractivity contribution in [3.05, 3.63) is 70.8 Å². The monoisotopic (exact) mass is 420 g/mol. The van der Waals surface area contributed by atoms with Crippen LogP contribution in [0.15, 0.2) is 48.5 Å². The molecule has 2 aliphatic carbocycles. The summed E-state index contributed by atoms with van der Waals surface area (Å²) in [6.07, 6.45) is 0. The van der Waals surface area contributed by atoms with E-state index in [9.17, 15) is 9.59 Å². The Balaban J connectivity index is 2.05. The van der Waals surface area contributed by atoms with Gasteiger partial charge in [0.25, 0.3) is 0 Å². The first-order valence-electron chi connectivity index (χ1n) is 8.49. The Morgan fingerprint density at radius 1 is 0.786 bits per heavy atom. The molecule has 5 rings (SSSR count). The molecule has 0 spiro atoms. The average molecular weight is 421 g/mol. The third kappa shape index (κ3) is 1.42. The molecule has 4 atom stereocenters. The molecule has 2 aromatic carbocycles. The average Bonchev–Trinajstić information content (AvgIpc) is 3.22. The van der Waals surface area contributed by atoms with Crippen LogP contribution in [0.1, 0.15) is 22.3 Å². The first kappa shape index (κ1) is 17.9. The number of hydrogen-bond acceptors (Lipinski definition) is 6. The number of rotatable bonds is 2. The summed E-state index contributed by atoms with van der Waals surface area (Å²) in [7, 11) is 2.39. The maximum absolute atomic E-state index is 13.5. The fourth-order valence-corrected chi connectivity index (χ4v) is 6.41. The summed E-state index contributed by atoms with van der Waals surface area (Å²) < 4.78 is 10.2. The van der Waals surface area contributed by atoms with E-state index in [-0.39, 0.29) is 0 Å². The van der Waals surface area contributed by atoms with Gasteiger partial charge in [0.05, 0.1) is 14.2 Å². The highest BCUT2D eigenvalue weighted by molar-refractivity contribution is 6.36. The zero-order valence-corrected chi connectivity index (χ0v) is 16.3. The molecule has 2 aromatic rings. The molecule has 0 aromatic heterocycles. The lowest BCUT2D eigenvalue weighted by molar-refractivity contribution is -0.337. The summed E-state index contributed by atoms with van der Waals surface area (Å²) in [5.41, 5.74) is -2.22. The van der Waals surface area contributed by atoms with Crippen LogP contribution in [0.4, 0.5) is 0 Å². The predicted octanol–water partition coefficient (Wildman–Crippen LogP) is 3.08. The molecule has 0 bridgehead atoms. The molecule has 144 valence electrons. The van der Waals surface area contributed by atoms with E-state index in [0.717, 1.165) is 0 Å². The Morgan fingerprint density at radius 2 is 1.29 bits per heavy atom. The molecule has 0 saturated carbocycles. The third-order valence-corrected chi connectivity index (χ3v) is 7.34. The van der Waals surface area contributed by atoms with Crippen LogP contribution in [0.3, 0.4) is 0 Å². The molecule has 0 radical (unpaired) electrons. The Morgan fingerprint density at radius 3 is 1.86 bits per heavy atom. The lowest BCUT2D eigenvalue weighted by Crippen LogP contribution is -2.61. The van der Waals surface area contributed by atoms with Gasteiger partial charge < -0.3 is 9.47 Å². The summed E-state index contributed by atoms with van der Waals surface area (Å²) in [6.45, 7) is 0. The number of fused-ring (bicyclic) bond motifs is 6. The topological polar surface area (TPSA) is 71.1 Å². The predicted molar refractivity (Wildman–Crippen MR) is 97.4 cm³/mol. The van der Waals surface area contributed by atoms with Crippen LogP contribution in [0.5, 0.6) is 0 Å². The number of halogens is 2. The van der Waals surface area contributed by atoms with E-state index in [1.165, 1.54) is 14.2 Å². The number of alkyl halides is 2. The highest BCUT2D eigenvalue weighted by Crippen LogP contribution is 2.82. The van der Waals surface area contributed by atoms with Crippen LogP contribution < -0.4 is 0 Å². The van der Waals surface area contributed by atoms with Crippen LogP contribution in [0.25, 0.3) is 0 Å². The van der Waals surface area contributed by atoms with Crippen LogP contribution in [-0.4, -0.2) is 26.2 Å². The number of benzene rings is 2. The standard InChI is InChI=1S/C20H14Cl2O6/c1-25-15(23)18-13-9-5-3-7-11(13)17(21)12-8-4-6-10-14(12)20(22,28-27-18)19(17,18)16(24)26-2/h3-10H,1-2H3/t17-,18-,19-,20-/m1/s1. The number of methoxy groups -OCH3 is 2. The minimum Gasteiger partial charge on any atom is -0.468 e. The maximum Gasteiger partial charge on any atom is 0.347 e. The van der Waals surface area contributed by atoms with Crippen LogP contribution in [-0.2, 0) is 44.4 Å². The van der Waals surface area contributed by atoms with Gasteiger partial charge in [-0.25, -0.2) is 14.6 Å². The molecule has 1 heterocycles. The van der Waals surface area contributed by atoms with Crippen LogP contribution in [0.2, 0.25) is 0 Å². The summed E-state index contributed by atoms with van der Waals surface area (Å²) in [6, 6.07) is 13.8. The smallest absolute Gasteiger partial charge is 0.347 e. The molecule has 0 unspecified atom stereocenters. The quantitative estimate of drug-likeness (QED) is 0.422. The second-order valence-electron chi connectivity index (χ2n) is 6.93. The van der Waals surface area contributed by atoms with Crippen molar-refractivity contribution in [2.45, 2.75) is 15.5 Å². The van der Waals surface area contributed by atoms with E-state index in [4.69, 9.17) is 42.5 Å². The van der Waals surface area contributed by atoms with Crippen LogP contribution in [0, 0.1) is 5.41 Å². The van der Waals surface area contributed by atoms with Gasteiger partial charge in [-0.2, -0.15) is 0 Å². The lowest BCUT2D eigenvalue weighted by atomic mass is 9.66. The summed E-state index contributed by atoms with van der Waals surface area (Å²) in [5.74, 6) is -1.70. The van der Waals surface area contributed by atoms with E-state index in [0.29, 0.717) is 22.3 Å². The Labute approximate surface area is 170 Å². The fourth-order valence-electron chi connectivity index (χ4n) is 5.14. The van der Waals surface area contributed by atoms with Crippen molar-refractivity contribution in [3.8, 4) is 0 Å². The first-order chi connectivity index (χ1) is 13.4. The minimum atomic E-state index is -2.05. The lowest BCUT2D eigenvalue weighted by Gasteiger charge is -2.40. The number of carbonyl (C=O) groups excluding carboxylic acids is 2. The summed E-state index contributed by atoms with van der Waals surface area (Å²) in [4.78, 5) is 36.3. The van der Waals surface area contributed by atoms with Gasteiger partial charge in [-0.3, -0.25) is 4.79 Å². The largest absolute Gasteiger partial charge is 0.468 e. The highest BCUT2D eigenvalue weighted by Gasteiger charge is 2.94. The van der Waals surface area contributed by atoms with Crippen LogP contribution >= 0.6 is 23.2 Å². The van der Waals surface area contributed by atoms with E-state index in [2.05, 4.69) is 0 Å². The molecular weight excluding hydrogens is 407 g/mol. The van der Waals surface area contributed by atoms with Gasteiger partial charge in [0.1, 0.15) is 4.87 Å². The second kappa shape index (κ2) is 5.27. The van der Waals surface area contributed by atoms with Crippen molar-refractivity contribution in [2.75, 3.05) is 14.2 Å². The van der Waals surface area contributed by atoms with Gasteiger partial charge in [0.15, 0.2) is 5.41 Å². The Hall–Kier alpha value is -2.12. The third-order valence-electron chi connectivity index (χ3n) is 6.10. The van der Waals surface area contributed by atoms with E-state index in [1.54, 1.807) is 48.5 Å². The van der Waals surface area contributed by atoms with Gasteiger partial charge in [0, 0.05) is 11.1 Å². The zero-order chi connectivity index (χ0) is 19.9. The van der Waals surface area contributed by atoms with E-state index >= 15 is 0 Å². The molecule has 28 heavy (non-hydrogen) atoms. The van der Waals surface area contributed by atoms with Crippen molar-refractivity contribution in [1.29, 1.82) is 0 Å². The molecular formula is C20H14Cl2O6. The SMILES string of the molecule is COC(=O)[C@]12[C@]3(Cl)c4ccccc4[C@@]1(Cl)OO[C@@]2(C(=O)OC)c1ccccc13. The molecule has 0 amide bonds. The molecule has 6 nitrogen and oxygen atoms in total.